The smallest absolute Gasteiger partial charge is 0.343 e. The first kappa shape index (κ1) is 15.9. The summed E-state index contributed by atoms with van der Waals surface area (Å²) in [6.45, 7) is 6.18. The van der Waals surface area contributed by atoms with Crippen molar-refractivity contribution in [2.24, 2.45) is 0 Å². The van der Waals surface area contributed by atoms with Crippen molar-refractivity contribution in [1.82, 2.24) is 9.97 Å². The zero-order chi connectivity index (χ0) is 16.3. The predicted octanol–water partition coefficient (Wildman–Crippen LogP) is 3.00. The highest BCUT2D eigenvalue weighted by Gasteiger charge is 2.18. The van der Waals surface area contributed by atoms with Gasteiger partial charge in [-0.25, -0.2) is 14.8 Å². The quantitative estimate of drug-likeness (QED) is 0.812. The van der Waals surface area contributed by atoms with E-state index in [-0.39, 0.29) is 0 Å². The summed E-state index contributed by atoms with van der Waals surface area (Å²) in [6, 6.07) is 6.17. The molecule has 0 N–H and O–H groups in total. The van der Waals surface area contributed by atoms with Crippen LogP contribution in [-0.2, 0) is 4.74 Å². The number of anilines is 1. The highest BCUT2D eigenvalue weighted by Crippen LogP contribution is 2.23. The number of carbonyl (C=O) groups is 1. The second-order valence-corrected chi connectivity index (χ2v) is 5.42. The van der Waals surface area contributed by atoms with Crippen LogP contribution in [0.1, 0.15) is 28.4 Å². The van der Waals surface area contributed by atoms with E-state index in [1.807, 2.05) is 40.1 Å². The van der Waals surface area contributed by atoms with Crippen LogP contribution in [0.2, 0.25) is 0 Å². The minimum Gasteiger partial charge on any atom is -0.462 e. The van der Waals surface area contributed by atoms with E-state index in [1.165, 1.54) is 6.20 Å². The minimum atomic E-state index is -0.404. The van der Waals surface area contributed by atoms with E-state index in [4.69, 9.17) is 4.74 Å². The Balaban J connectivity index is 2.51. The van der Waals surface area contributed by atoms with Crippen molar-refractivity contribution >= 4 is 11.8 Å². The van der Waals surface area contributed by atoms with Crippen LogP contribution in [0.15, 0.2) is 24.4 Å². The monoisotopic (exact) mass is 299 g/mol. The first-order valence-electron chi connectivity index (χ1n) is 7.22. The largest absolute Gasteiger partial charge is 0.462 e. The highest BCUT2D eigenvalue weighted by atomic mass is 16.5. The third kappa shape index (κ3) is 3.42. The van der Waals surface area contributed by atoms with Gasteiger partial charge in [0.05, 0.1) is 6.61 Å². The van der Waals surface area contributed by atoms with Gasteiger partial charge in [-0.1, -0.05) is 17.2 Å². The van der Waals surface area contributed by atoms with Crippen LogP contribution in [0.4, 0.5) is 5.82 Å². The number of benzene rings is 1. The van der Waals surface area contributed by atoms with E-state index >= 15 is 0 Å². The molecule has 1 aromatic heterocycles. The number of rotatable bonds is 4. The molecule has 0 aliphatic rings. The summed E-state index contributed by atoms with van der Waals surface area (Å²) in [7, 11) is 3.69. The zero-order valence-electron chi connectivity index (χ0n) is 13.7. The van der Waals surface area contributed by atoms with Crippen LogP contribution in [0, 0.1) is 13.8 Å². The molecule has 0 bridgehead atoms. The molecule has 0 atom stereocenters. The summed E-state index contributed by atoms with van der Waals surface area (Å²) >= 11 is 0. The first-order valence-corrected chi connectivity index (χ1v) is 7.22. The van der Waals surface area contributed by atoms with Crippen molar-refractivity contribution in [3.05, 3.63) is 41.1 Å². The Hall–Kier alpha value is -2.43. The minimum absolute atomic E-state index is 0.324. The van der Waals surface area contributed by atoms with Crippen LogP contribution in [0.5, 0.6) is 0 Å². The van der Waals surface area contributed by atoms with Gasteiger partial charge in [0, 0.05) is 25.9 Å². The van der Waals surface area contributed by atoms with Gasteiger partial charge in [0.15, 0.2) is 5.82 Å². The number of nitrogens with zero attached hydrogens (tertiary/aromatic N) is 3. The molecule has 5 heteroatoms. The van der Waals surface area contributed by atoms with Gasteiger partial charge in [0.25, 0.3) is 0 Å². The number of ether oxygens (including phenoxy) is 1. The van der Waals surface area contributed by atoms with Gasteiger partial charge in [-0.2, -0.15) is 0 Å². The number of esters is 1. The van der Waals surface area contributed by atoms with Crippen molar-refractivity contribution in [3.8, 4) is 11.4 Å². The Morgan fingerprint density at radius 2 is 1.82 bits per heavy atom. The summed E-state index contributed by atoms with van der Waals surface area (Å²) in [4.78, 5) is 22.7. The summed E-state index contributed by atoms with van der Waals surface area (Å²) < 4.78 is 5.06. The Bertz CT molecular complexity index is 676. The second-order valence-electron chi connectivity index (χ2n) is 5.42. The van der Waals surface area contributed by atoms with Crippen molar-refractivity contribution in [2.75, 3.05) is 25.6 Å². The molecular formula is C17H21N3O2. The Morgan fingerprint density at radius 3 is 2.36 bits per heavy atom. The van der Waals surface area contributed by atoms with Gasteiger partial charge >= 0.3 is 5.97 Å². The summed E-state index contributed by atoms with van der Waals surface area (Å²) in [5.41, 5.74) is 3.62. The summed E-state index contributed by atoms with van der Waals surface area (Å²) in [6.07, 6.45) is 1.54. The van der Waals surface area contributed by atoms with E-state index in [9.17, 15) is 4.79 Å². The number of carbonyl (C=O) groups excluding carboxylic acids is 1. The molecule has 0 aliphatic heterocycles. The van der Waals surface area contributed by atoms with E-state index < -0.39 is 5.97 Å². The third-order valence-corrected chi connectivity index (χ3v) is 3.17. The number of hydrogen-bond acceptors (Lipinski definition) is 5. The van der Waals surface area contributed by atoms with Crippen LogP contribution in [0.3, 0.4) is 0 Å². The molecule has 0 fully saturated rings. The molecule has 116 valence electrons. The van der Waals surface area contributed by atoms with Crippen molar-refractivity contribution in [1.29, 1.82) is 0 Å². The number of hydrogen-bond donors (Lipinski definition) is 0. The molecule has 0 radical (unpaired) electrons. The molecular weight excluding hydrogens is 278 g/mol. The standard InChI is InChI=1S/C17H21N3O2/c1-6-22-17(21)14-10-18-15(19-16(14)20(4)5)13-8-11(2)7-12(3)9-13/h7-10H,6H2,1-5H3. The van der Waals surface area contributed by atoms with Gasteiger partial charge in [-0.3, -0.25) is 0 Å². The SMILES string of the molecule is CCOC(=O)c1cnc(-c2cc(C)cc(C)c2)nc1N(C)C. The lowest BCUT2D eigenvalue weighted by Gasteiger charge is -2.16. The fourth-order valence-electron chi connectivity index (χ4n) is 2.31. The predicted molar refractivity (Wildman–Crippen MR) is 87.2 cm³/mol. The maximum absolute atomic E-state index is 12.0. The second kappa shape index (κ2) is 6.56. The normalized spacial score (nSPS) is 10.4. The molecule has 1 heterocycles. The zero-order valence-corrected chi connectivity index (χ0v) is 13.7. The van der Waals surface area contributed by atoms with Crippen LogP contribution in [0.25, 0.3) is 11.4 Å². The highest BCUT2D eigenvalue weighted by molar-refractivity contribution is 5.94. The Labute approximate surface area is 131 Å². The molecule has 0 aliphatic carbocycles. The average molecular weight is 299 g/mol. The Kier molecular flexibility index (Phi) is 4.75. The van der Waals surface area contributed by atoms with Gasteiger partial charge < -0.3 is 9.64 Å². The van der Waals surface area contributed by atoms with Crippen LogP contribution < -0.4 is 4.90 Å². The maximum Gasteiger partial charge on any atom is 0.343 e. The molecule has 0 unspecified atom stereocenters. The lowest BCUT2D eigenvalue weighted by Crippen LogP contribution is -2.18. The lowest BCUT2D eigenvalue weighted by atomic mass is 10.1. The van der Waals surface area contributed by atoms with E-state index in [1.54, 1.807) is 11.8 Å². The Morgan fingerprint density at radius 1 is 1.18 bits per heavy atom. The van der Waals surface area contributed by atoms with E-state index in [0.29, 0.717) is 23.8 Å². The number of aryl methyl sites for hydroxylation is 2. The summed E-state index contributed by atoms with van der Waals surface area (Å²) in [5.74, 6) is 0.754. The van der Waals surface area contributed by atoms with Gasteiger partial charge in [0.1, 0.15) is 11.4 Å². The van der Waals surface area contributed by atoms with Crippen molar-refractivity contribution < 1.29 is 9.53 Å². The van der Waals surface area contributed by atoms with Gasteiger partial charge in [-0.15, -0.1) is 0 Å². The molecule has 5 nitrogen and oxygen atoms in total. The summed E-state index contributed by atoms with van der Waals surface area (Å²) in [5, 5.41) is 0. The van der Waals surface area contributed by atoms with Crippen molar-refractivity contribution in [3.63, 3.8) is 0 Å². The third-order valence-electron chi connectivity index (χ3n) is 3.17. The molecule has 2 aromatic rings. The van der Waals surface area contributed by atoms with Crippen molar-refractivity contribution in [2.45, 2.75) is 20.8 Å². The van der Waals surface area contributed by atoms with E-state index in [0.717, 1.165) is 16.7 Å². The molecule has 0 spiro atoms. The fraction of sp³-hybridized carbons (Fsp3) is 0.353. The molecule has 1 aromatic carbocycles. The average Bonchev–Trinajstić information content (AvgIpc) is 2.45. The van der Waals surface area contributed by atoms with Gasteiger partial charge in [0.2, 0.25) is 0 Å². The first-order chi connectivity index (χ1) is 10.4. The lowest BCUT2D eigenvalue weighted by molar-refractivity contribution is 0.0526. The fourth-order valence-corrected chi connectivity index (χ4v) is 2.31. The molecule has 0 saturated carbocycles. The number of aromatic nitrogens is 2. The molecule has 0 saturated heterocycles. The molecule has 0 amide bonds. The van der Waals surface area contributed by atoms with Crippen LogP contribution in [-0.4, -0.2) is 36.6 Å². The topological polar surface area (TPSA) is 55.3 Å². The van der Waals surface area contributed by atoms with Crippen LogP contribution >= 0.6 is 0 Å². The van der Waals surface area contributed by atoms with Gasteiger partial charge in [-0.05, 0) is 32.9 Å². The maximum atomic E-state index is 12.0. The molecule has 22 heavy (non-hydrogen) atoms. The molecule has 2 rings (SSSR count). The van der Waals surface area contributed by atoms with E-state index in [2.05, 4.69) is 16.0 Å².